The van der Waals surface area contributed by atoms with Crippen molar-refractivity contribution in [3.8, 4) is 0 Å². The van der Waals surface area contributed by atoms with Crippen LogP contribution in [0.2, 0.25) is 0 Å². The first kappa shape index (κ1) is 20.7. The van der Waals surface area contributed by atoms with Gasteiger partial charge < -0.3 is 26.2 Å². The van der Waals surface area contributed by atoms with Gasteiger partial charge in [0.05, 0.1) is 6.17 Å². The van der Waals surface area contributed by atoms with Gasteiger partial charge in [0.25, 0.3) is 0 Å². The smallest absolute Gasteiger partial charge is 0.408 e. The van der Waals surface area contributed by atoms with Crippen molar-refractivity contribution >= 4 is 12.1 Å². The molecule has 1 unspecified atom stereocenters. The Balaban J connectivity index is 0.000000300. The summed E-state index contributed by atoms with van der Waals surface area (Å²) in [6, 6.07) is -0.269. The molecule has 2 fully saturated rings. The van der Waals surface area contributed by atoms with Crippen molar-refractivity contribution in [3.63, 3.8) is 0 Å². The van der Waals surface area contributed by atoms with Crippen molar-refractivity contribution in [2.45, 2.75) is 83.5 Å². The van der Waals surface area contributed by atoms with Gasteiger partial charge >= 0.3 is 12.1 Å². The monoisotopic (exact) mass is 343 g/mol. The number of hydrogen-bond donors (Lipinski definition) is 4. The maximum absolute atomic E-state index is 11.5. The van der Waals surface area contributed by atoms with Gasteiger partial charge in [-0.3, -0.25) is 4.79 Å². The zero-order valence-electron chi connectivity index (χ0n) is 15.1. The van der Waals surface area contributed by atoms with Crippen LogP contribution in [0.3, 0.4) is 0 Å². The quantitative estimate of drug-likeness (QED) is 0.584. The molecule has 7 nitrogen and oxygen atoms in total. The fraction of sp³-hybridized carbons (Fsp3) is 0.882. The Hall–Kier alpha value is -1.34. The minimum atomic E-state index is -0.720. The van der Waals surface area contributed by atoms with Crippen molar-refractivity contribution in [1.82, 2.24) is 10.6 Å². The van der Waals surface area contributed by atoms with Crippen LogP contribution in [0, 0.1) is 5.92 Å². The van der Waals surface area contributed by atoms with Crippen LogP contribution < -0.4 is 16.4 Å². The lowest BCUT2D eigenvalue weighted by Crippen LogP contribution is -2.48. The average Bonchev–Trinajstić information content (AvgIpc) is 3.01. The molecule has 5 N–H and O–H groups in total. The van der Waals surface area contributed by atoms with E-state index in [1.54, 1.807) is 0 Å². The molecular weight excluding hydrogens is 310 g/mol. The first-order valence-electron chi connectivity index (χ1n) is 8.90. The standard InChI is InChI=1S/C12H24N2O2.C5H9NO2/c1-12(2,3)16-11(15)14-10(13)9-7-5-4-6-8-9;7-5(8)4-2-1-3-6-4/h9-10H,4-8,13H2,1-3H3,(H,14,15);4,6H,1-3H2,(H,7,8)/t;4-/m.0/s1. The molecule has 1 aliphatic carbocycles. The van der Waals surface area contributed by atoms with Gasteiger partial charge in [-0.1, -0.05) is 19.3 Å². The lowest BCUT2D eigenvalue weighted by molar-refractivity contribution is -0.139. The SMILES string of the molecule is CC(C)(C)OC(=O)NC(N)C1CCCCC1.O=C(O)[C@@H]1CCCN1. The second kappa shape index (κ2) is 9.84. The van der Waals surface area contributed by atoms with Crippen LogP contribution in [-0.4, -0.2) is 41.5 Å². The predicted octanol–water partition coefficient (Wildman–Crippen LogP) is 2.20. The van der Waals surface area contributed by atoms with E-state index in [9.17, 15) is 9.59 Å². The molecule has 0 bridgehead atoms. The molecule has 0 spiro atoms. The van der Waals surface area contributed by atoms with E-state index in [0.29, 0.717) is 5.92 Å². The largest absolute Gasteiger partial charge is 0.480 e. The average molecular weight is 343 g/mol. The van der Waals surface area contributed by atoms with Gasteiger partial charge in [0.2, 0.25) is 0 Å². The van der Waals surface area contributed by atoms with E-state index >= 15 is 0 Å². The number of alkyl carbamates (subject to hydrolysis) is 1. The molecule has 0 aromatic heterocycles. The highest BCUT2D eigenvalue weighted by atomic mass is 16.6. The Morgan fingerprint density at radius 3 is 2.21 bits per heavy atom. The third-order valence-corrected chi connectivity index (χ3v) is 4.20. The summed E-state index contributed by atoms with van der Waals surface area (Å²) in [5.74, 6) is -0.316. The van der Waals surface area contributed by atoms with Crippen LogP contribution in [0.4, 0.5) is 4.79 Å². The van der Waals surface area contributed by atoms with E-state index in [0.717, 1.165) is 32.2 Å². The first-order valence-corrected chi connectivity index (χ1v) is 8.90. The molecule has 0 radical (unpaired) electrons. The van der Waals surface area contributed by atoms with Gasteiger partial charge in [-0.2, -0.15) is 0 Å². The topological polar surface area (TPSA) is 114 Å². The number of carbonyl (C=O) groups is 2. The molecule has 1 saturated heterocycles. The van der Waals surface area contributed by atoms with Gasteiger partial charge in [0.1, 0.15) is 11.6 Å². The summed E-state index contributed by atoms with van der Waals surface area (Å²) < 4.78 is 5.17. The normalized spacial score (nSPS) is 22.9. The number of nitrogens with one attached hydrogen (secondary N) is 2. The highest BCUT2D eigenvalue weighted by Gasteiger charge is 2.24. The van der Waals surface area contributed by atoms with Crippen molar-refractivity contribution in [3.05, 3.63) is 0 Å². The summed E-state index contributed by atoms with van der Waals surface area (Å²) in [5.41, 5.74) is 5.49. The van der Waals surface area contributed by atoms with E-state index in [4.69, 9.17) is 15.6 Å². The third kappa shape index (κ3) is 8.49. The lowest BCUT2D eigenvalue weighted by Gasteiger charge is -2.29. The van der Waals surface area contributed by atoms with Crippen LogP contribution in [-0.2, 0) is 9.53 Å². The molecule has 2 aliphatic rings. The number of carboxylic acids is 1. The number of hydrogen-bond acceptors (Lipinski definition) is 5. The zero-order chi connectivity index (χ0) is 18.2. The first-order chi connectivity index (χ1) is 11.2. The van der Waals surface area contributed by atoms with Gasteiger partial charge in [0, 0.05) is 0 Å². The number of ether oxygens (including phenoxy) is 1. The number of carboxylic acid groups (broad SMARTS) is 1. The summed E-state index contributed by atoms with van der Waals surface area (Å²) in [6.07, 6.45) is 7.04. The highest BCUT2D eigenvalue weighted by molar-refractivity contribution is 5.73. The fourth-order valence-electron chi connectivity index (χ4n) is 2.95. The van der Waals surface area contributed by atoms with E-state index < -0.39 is 17.7 Å². The highest BCUT2D eigenvalue weighted by Crippen LogP contribution is 2.24. The van der Waals surface area contributed by atoms with Crippen molar-refractivity contribution in [2.75, 3.05) is 6.54 Å². The minimum absolute atomic E-state index is 0.268. The van der Waals surface area contributed by atoms with E-state index in [1.807, 2.05) is 20.8 Å². The van der Waals surface area contributed by atoms with Gasteiger partial charge in [-0.15, -0.1) is 0 Å². The van der Waals surface area contributed by atoms with Crippen LogP contribution in [0.5, 0.6) is 0 Å². The molecule has 7 heteroatoms. The molecule has 1 amide bonds. The number of amides is 1. The summed E-state index contributed by atoms with van der Waals surface area (Å²) in [6.45, 7) is 6.40. The summed E-state index contributed by atoms with van der Waals surface area (Å²) >= 11 is 0. The Kier molecular flexibility index (Phi) is 8.48. The van der Waals surface area contributed by atoms with E-state index in [-0.39, 0.29) is 12.2 Å². The van der Waals surface area contributed by atoms with Crippen LogP contribution >= 0.6 is 0 Å². The molecule has 1 aliphatic heterocycles. The van der Waals surface area contributed by atoms with Crippen LogP contribution in [0.15, 0.2) is 0 Å². The minimum Gasteiger partial charge on any atom is -0.480 e. The number of carbonyl (C=O) groups excluding carboxylic acids is 1. The van der Waals surface area contributed by atoms with Crippen molar-refractivity contribution in [2.24, 2.45) is 11.7 Å². The zero-order valence-corrected chi connectivity index (χ0v) is 15.1. The Bertz CT molecular complexity index is 397. The molecule has 1 heterocycles. The molecule has 0 aromatic carbocycles. The summed E-state index contributed by atoms with van der Waals surface area (Å²) in [7, 11) is 0. The number of rotatable bonds is 3. The molecule has 140 valence electrons. The summed E-state index contributed by atoms with van der Waals surface area (Å²) in [5, 5.41) is 13.9. The van der Waals surface area contributed by atoms with Gasteiger partial charge in [0.15, 0.2) is 0 Å². The molecule has 2 atom stereocenters. The van der Waals surface area contributed by atoms with Gasteiger partial charge in [-0.25, -0.2) is 4.79 Å². The molecular formula is C17H33N3O4. The fourth-order valence-corrected chi connectivity index (χ4v) is 2.95. The predicted molar refractivity (Wildman–Crippen MR) is 92.6 cm³/mol. The van der Waals surface area contributed by atoms with Crippen LogP contribution in [0.25, 0.3) is 0 Å². The maximum Gasteiger partial charge on any atom is 0.408 e. The Morgan fingerprint density at radius 1 is 1.17 bits per heavy atom. The van der Waals surface area contributed by atoms with Crippen molar-refractivity contribution in [1.29, 1.82) is 0 Å². The van der Waals surface area contributed by atoms with Gasteiger partial charge in [-0.05, 0) is 58.9 Å². The van der Waals surface area contributed by atoms with E-state index in [2.05, 4.69) is 10.6 Å². The maximum atomic E-state index is 11.5. The number of nitrogens with two attached hydrogens (primary N) is 1. The number of aliphatic carboxylic acids is 1. The van der Waals surface area contributed by atoms with Crippen molar-refractivity contribution < 1.29 is 19.4 Å². The summed E-state index contributed by atoms with van der Waals surface area (Å²) in [4.78, 5) is 21.6. The second-order valence-corrected chi connectivity index (χ2v) is 7.56. The Labute approximate surface area is 144 Å². The molecule has 2 rings (SSSR count). The molecule has 24 heavy (non-hydrogen) atoms. The molecule has 1 saturated carbocycles. The third-order valence-electron chi connectivity index (χ3n) is 4.20. The van der Waals surface area contributed by atoms with E-state index in [1.165, 1.54) is 19.3 Å². The lowest BCUT2D eigenvalue weighted by atomic mass is 9.87. The second-order valence-electron chi connectivity index (χ2n) is 7.56. The van der Waals surface area contributed by atoms with Crippen LogP contribution in [0.1, 0.15) is 65.7 Å². The Morgan fingerprint density at radius 2 is 1.79 bits per heavy atom. The molecule has 0 aromatic rings.